The maximum absolute atomic E-state index is 11.2. The van der Waals surface area contributed by atoms with Gasteiger partial charge in [-0.1, -0.05) is 23.2 Å². The Kier molecular flexibility index (Phi) is 2.61. The lowest BCUT2D eigenvalue weighted by molar-refractivity contribution is 0.678. The lowest BCUT2D eigenvalue weighted by Gasteiger charge is -2.00. The van der Waals surface area contributed by atoms with Crippen LogP contribution in [0.5, 0.6) is 0 Å². The minimum absolute atomic E-state index is 0.157. The van der Waals surface area contributed by atoms with Crippen LogP contribution < -0.4 is 0 Å². The molecule has 1 aromatic rings. The first kappa shape index (κ1) is 9.77. The van der Waals surface area contributed by atoms with E-state index in [4.69, 9.17) is 28.0 Å². The van der Waals surface area contributed by atoms with Crippen molar-refractivity contribution >= 4 is 32.9 Å². The Bertz CT molecular complexity index is 402. The van der Waals surface area contributed by atoms with Gasteiger partial charge in [0.15, 0.2) is 0 Å². The highest BCUT2D eigenvalue weighted by Crippen LogP contribution is 2.21. The number of hydrogen-bond acceptors (Lipinski definition) is 3. The Labute approximate surface area is 80.7 Å². The average Bonchev–Trinajstić information content (AvgIpc) is 1.92. The van der Waals surface area contributed by atoms with Crippen LogP contribution in [0.15, 0.2) is 17.2 Å². The van der Waals surface area contributed by atoms with Gasteiger partial charge in [-0.3, -0.25) is 0 Å². The molecule has 1 atom stereocenters. The van der Waals surface area contributed by atoms with Crippen LogP contribution in [-0.2, 0) is 9.73 Å². The van der Waals surface area contributed by atoms with E-state index in [-0.39, 0.29) is 15.1 Å². The fourth-order valence-corrected chi connectivity index (χ4v) is 1.55. The summed E-state index contributed by atoms with van der Waals surface area (Å²) in [6.45, 7) is 0. The number of halogens is 2. The van der Waals surface area contributed by atoms with Gasteiger partial charge in [0.05, 0.1) is 19.6 Å². The third-order valence-corrected chi connectivity index (χ3v) is 3.03. The van der Waals surface area contributed by atoms with Gasteiger partial charge in [-0.05, 0) is 6.07 Å². The smallest absolute Gasteiger partial charge is 0.147 e. The lowest BCUT2D eigenvalue weighted by Crippen LogP contribution is -1.95. The zero-order chi connectivity index (χ0) is 9.35. The predicted molar refractivity (Wildman–Crippen MR) is 49.3 cm³/mol. The molecule has 1 heterocycles. The molecule has 0 radical (unpaired) electrons. The van der Waals surface area contributed by atoms with E-state index in [9.17, 15) is 4.21 Å². The van der Waals surface area contributed by atoms with Gasteiger partial charge < -0.3 is 0 Å². The first-order valence-electron chi connectivity index (χ1n) is 2.96. The monoisotopic (exact) mass is 224 g/mol. The molecule has 0 saturated heterocycles. The van der Waals surface area contributed by atoms with Crippen molar-refractivity contribution in [3.63, 3.8) is 0 Å². The topological polar surface area (TPSA) is 53.8 Å². The molecule has 0 aliphatic heterocycles. The van der Waals surface area contributed by atoms with Crippen molar-refractivity contribution in [3.05, 3.63) is 22.4 Å². The third kappa shape index (κ3) is 2.09. The van der Waals surface area contributed by atoms with E-state index in [0.29, 0.717) is 0 Å². The zero-order valence-corrected chi connectivity index (χ0v) is 8.50. The molecule has 0 bridgehead atoms. The van der Waals surface area contributed by atoms with Crippen LogP contribution in [0.1, 0.15) is 0 Å². The summed E-state index contributed by atoms with van der Waals surface area (Å²) in [4.78, 5) is 3.97. The first-order chi connectivity index (χ1) is 5.41. The van der Waals surface area contributed by atoms with E-state index < -0.39 is 9.73 Å². The van der Waals surface area contributed by atoms with Crippen LogP contribution in [0.3, 0.4) is 0 Å². The highest BCUT2D eigenvalue weighted by molar-refractivity contribution is 7.91. The SMILES string of the molecule is CS(=N)(=O)c1cnc(Cl)c(Cl)c1. The summed E-state index contributed by atoms with van der Waals surface area (Å²) in [5.41, 5.74) is 0. The summed E-state index contributed by atoms with van der Waals surface area (Å²) < 4.78 is 18.4. The maximum Gasteiger partial charge on any atom is 0.147 e. The molecule has 1 unspecified atom stereocenters. The van der Waals surface area contributed by atoms with Gasteiger partial charge in [0.1, 0.15) is 5.15 Å². The molecule has 6 heteroatoms. The van der Waals surface area contributed by atoms with E-state index in [1.165, 1.54) is 18.5 Å². The molecule has 12 heavy (non-hydrogen) atoms. The Morgan fingerprint density at radius 3 is 2.58 bits per heavy atom. The number of aromatic nitrogens is 1. The van der Waals surface area contributed by atoms with E-state index in [1.54, 1.807) is 0 Å². The molecular formula is C6H6Cl2N2OS. The van der Waals surface area contributed by atoms with Gasteiger partial charge in [0, 0.05) is 12.5 Å². The molecule has 0 aliphatic rings. The summed E-state index contributed by atoms with van der Waals surface area (Å²) in [5, 5.41) is 0.375. The van der Waals surface area contributed by atoms with Crippen LogP contribution in [-0.4, -0.2) is 15.4 Å². The van der Waals surface area contributed by atoms with Crippen LogP contribution in [0.25, 0.3) is 0 Å². The van der Waals surface area contributed by atoms with E-state index in [0.717, 1.165) is 0 Å². The van der Waals surface area contributed by atoms with Crippen molar-refractivity contribution < 1.29 is 4.21 Å². The van der Waals surface area contributed by atoms with Crippen molar-refractivity contribution in [2.45, 2.75) is 4.90 Å². The second-order valence-corrected chi connectivity index (χ2v) is 5.21. The second kappa shape index (κ2) is 3.20. The summed E-state index contributed by atoms with van der Waals surface area (Å²) in [7, 11) is -2.75. The summed E-state index contributed by atoms with van der Waals surface area (Å²) >= 11 is 11.2. The van der Waals surface area contributed by atoms with Crippen molar-refractivity contribution in [1.82, 2.24) is 4.98 Å². The lowest BCUT2D eigenvalue weighted by atomic mass is 10.5. The van der Waals surface area contributed by atoms with Crippen LogP contribution in [0, 0.1) is 4.78 Å². The molecule has 0 amide bonds. The molecule has 1 aromatic heterocycles. The Morgan fingerprint density at radius 2 is 2.17 bits per heavy atom. The van der Waals surface area contributed by atoms with Gasteiger partial charge in [-0.25, -0.2) is 14.0 Å². The van der Waals surface area contributed by atoms with Crippen LogP contribution in [0.2, 0.25) is 10.2 Å². The van der Waals surface area contributed by atoms with Crippen LogP contribution >= 0.6 is 23.2 Å². The normalized spacial score (nSPS) is 15.6. The number of pyridine rings is 1. The molecule has 66 valence electrons. The standard InChI is InChI=1S/C6H6Cl2N2OS/c1-12(9,11)4-2-5(7)6(8)10-3-4/h2-3,9H,1H3. The quantitative estimate of drug-likeness (QED) is 0.746. The summed E-state index contributed by atoms with van der Waals surface area (Å²) in [6, 6.07) is 1.40. The second-order valence-electron chi connectivity index (χ2n) is 2.29. The number of rotatable bonds is 1. The minimum atomic E-state index is -2.75. The molecule has 0 saturated carbocycles. The highest BCUT2D eigenvalue weighted by atomic mass is 35.5. The zero-order valence-electron chi connectivity index (χ0n) is 6.17. The highest BCUT2D eigenvalue weighted by Gasteiger charge is 2.06. The van der Waals surface area contributed by atoms with E-state index in [1.807, 2.05) is 0 Å². The Morgan fingerprint density at radius 1 is 1.58 bits per heavy atom. The molecule has 3 nitrogen and oxygen atoms in total. The number of nitrogens with one attached hydrogen (secondary N) is 1. The van der Waals surface area contributed by atoms with Crippen molar-refractivity contribution in [3.8, 4) is 0 Å². The van der Waals surface area contributed by atoms with Crippen molar-refractivity contribution in [2.24, 2.45) is 0 Å². The van der Waals surface area contributed by atoms with Crippen LogP contribution in [0.4, 0.5) is 0 Å². The Hall–Kier alpha value is -0.320. The fraction of sp³-hybridized carbons (Fsp3) is 0.167. The largest absolute Gasteiger partial charge is 0.249 e. The van der Waals surface area contributed by atoms with E-state index in [2.05, 4.69) is 4.98 Å². The maximum atomic E-state index is 11.2. The molecule has 0 spiro atoms. The summed E-state index contributed by atoms with van der Waals surface area (Å²) in [5.74, 6) is 0. The number of hydrogen-bond donors (Lipinski definition) is 1. The molecular weight excluding hydrogens is 219 g/mol. The van der Waals surface area contributed by atoms with Gasteiger partial charge in [0.25, 0.3) is 0 Å². The molecule has 1 rings (SSSR count). The molecule has 0 fully saturated rings. The average molecular weight is 225 g/mol. The number of nitrogens with zero attached hydrogens (tertiary/aromatic N) is 1. The fourth-order valence-electron chi connectivity index (χ4n) is 0.617. The van der Waals surface area contributed by atoms with Gasteiger partial charge in [-0.15, -0.1) is 0 Å². The van der Waals surface area contributed by atoms with Crippen molar-refractivity contribution in [1.29, 1.82) is 4.78 Å². The third-order valence-electron chi connectivity index (χ3n) is 1.22. The Balaban J connectivity index is 3.33. The first-order valence-corrected chi connectivity index (χ1v) is 5.68. The molecule has 0 aromatic carbocycles. The van der Waals surface area contributed by atoms with Crippen molar-refractivity contribution in [2.75, 3.05) is 6.26 Å². The summed E-state index contributed by atoms with van der Waals surface area (Å²) in [6.07, 6.45) is 2.60. The molecule has 1 N–H and O–H groups in total. The van der Waals surface area contributed by atoms with Gasteiger partial charge in [-0.2, -0.15) is 0 Å². The van der Waals surface area contributed by atoms with E-state index >= 15 is 0 Å². The molecule has 0 aliphatic carbocycles. The predicted octanol–water partition coefficient (Wildman–Crippen LogP) is 2.42. The van der Waals surface area contributed by atoms with Gasteiger partial charge in [0.2, 0.25) is 0 Å². The van der Waals surface area contributed by atoms with Gasteiger partial charge >= 0.3 is 0 Å². The minimum Gasteiger partial charge on any atom is -0.249 e.